The molecule has 2 aromatic carbocycles. The minimum absolute atomic E-state index is 0.0358. The van der Waals surface area contributed by atoms with Gasteiger partial charge in [0.15, 0.2) is 0 Å². The van der Waals surface area contributed by atoms with E-state index >= 15 is 0 Å². The van der Waals surface area contributed by atoms with E-state index in [1.807, 2.05) is 63.2 Å². The van der Waals surface area contributed by atoms with Gasteiger partial charge in [0, 0.05) is 23.5 Å². The molecular weight excluding hydrogens is 336 g/mol. The monoisotopic (exact) mass is 357 g/mol. The van der Waals surface area contributed by atoms with Gasteiger partial charge in [0.05, 0.1) is 0 Å². The average molecular weight is 357 g/mol. The SMILES string of the molecule is Cc1cc(C)c(C(=O)n2ccnc2-c2ccccc2)c(C)c1.c1c[n-]cn1. The van der Waals surface area contributed by atoms with Crippen LogP contribution in [0.3, 0.4) is 0 Å². The third kappa shape index (κ3) is 4.20. The molecule has 0 spiro atoms. The average Bonchev–Trinajstić information content (AvgIpc) is 3.36. The van der Waals surface area contributed by atoms with Crippen molar-refractivity contribution in [2.24, 2.45) is 0 Å². The zero-order valence-electron chi connectivity index (χ0n) is 15.6. The van der Waals surface area contributed by atoms with Crippen molar-refractivity contribution < 1.29 is 4.79 Å². The molecule has 27 heavy (non-hydrogen) atoms. The third-order valence-corrected chi connectivity index (χ3v) is 4.15. The second-order valence-corrected chi connectivity index (χ2v) is 6.28. The largest absolute Gasteiger partial charge is 0.450 e. The van der Waals surface area contributed by atoms with E-state index in [2.05, 4.69) is 15.0 Å². The van der Waals surface area contributed by atoms with E-state index in [0.717, 1.165) is 22.3 Å². The number of benzene rings is 2. The molecule has 0 N–H and O–H groups in total. The van der Waals surface area contributed by atoms with Crippen LogP contribution in [-0.2, 0) is 0 Å². The number of aromatic nitrogens is 4. The Bertz CT molecular complexity index is 977. The van der Waals surface area contributed by atoms with Crippen molar-refractivity contribution in [1.29, 1.82) is 0 Å². The molecule has 4 rings (SSSR count). The molecule has 0 aliphatic carbocycles. The summed E-state index contributed by atoms with van der Waals surface area (Å²) in [5.74, 6) is 0.635. The van der Waals surface area contributed by atoms with E-state index in [9.17, 15) is 4.79 Å². The van der Waals surface area contributed by atoms with Crippen LogP contribution in [0.5, 0.6) is 0 Å². The van der Waals surface area contributed by atoms with E-state index in [0.29, 0.717) is 5.82 Å². The molecule has 0 radical (unpaired) electrons. The predicted molar refractivity (Wildman–Crippen MR) is 106 cm³/mol. The molecule has 0 aliphatic heterocycles. The van der Waals surface area contributed by atoms with Crippen molar-refractivity contribution in [3.8, 4) is 11.4 Å². The van der Waals surface area contributed by atoms with Gasteiger partial charge in [-0.1, -0.05) is 66.7 Å². The molecule has 2 heterocycles. The highest BCUT2D eigenvalue weighted by Gasteiger charge is 2.18. The maximum atomic E-state index is 13.0. The molecular formula is C22H21N4O-. The molecule has 0 atom stereocenters. The van der Waals surface area contributed by atoms with Crippen LogP contribution in [0.15, 0.2) is 73.6 Å². The van der Waals surface area contributed by atoms with Gasteiger partial charge in [-0.2, -0.15) is 0 Å². The summed E-state index contributed by atoms with van der Waals surface area (Å²) in [6.07, 6.45) is 8.17. The lowest BCUT2D eigenvalue weighted by atomic mass is 9.99. The molecule has 0 unspecified atom stereocenters. The van der Waals surface area contributed by atoms with Crippen molar-refractivity contribution >= 4 is 5.91 Å². The number of aryl methyl sites for hydroxylation is 3. The normalized spacial score (nSPS) is 10.2. The Morgan fingerprint density at radius 1 is 1.00 bits per heavy atom. The Labute approximate surface area is 158 Å². The van der Waals surface area contributed by atoms with E-state index < -0.39 is 0 Å². The Kier molecular flexibility index (Phi) is 5.61. The fourth-order valence-corrected chi connectivity index (χ4v) is 3.10. The first-order chi connectivity index (χ1) is 13.1. The number of hydrogen-bond acceptors (Lipinski definition) is 3. The number of nitrogens with zero attached hydrogens (tertiary/aromatic N) is 4. The molecule has 4 aromatic rings. The summed E-state index contributed by atoms with van der Waals surface area (Å²) >= 11 is 0. The fraction of sp³-hybridized carbons (Fsp3) is 0.136. The smallest absolute Gasteiger partial charge is 0.264 e. The highest BCUT2D eigenvalue weighted by Crippen LogP contribution is 2.22. The van der Waals surface area contributed by atoms with Crippen LogP contribution in [-0.4, -0.2) is 20.4 Å². The van der Waals surface area contributed by atoms with Crippen LogP contribution >= 0.6 is 0 Å². The van der Waals surface area contributed by atoms with E-state index in [1.165, 1.54) is 11.9 Å². The third-order valence-electron chi connectivity index (χ3n) is 4.15. The van der Waals surface area contributed by atoms with Crippen LogP contribution < -0.4 is 4.98 Å². The molecule has 136 valence electrons. The lowest BCUT2D eigenvalue weighted by Gasteiger charge is -2.12. The molecule has 0 amide bonds. The summed E-state index contributed by atoms with van der Waals surface area (Å²) in [6, 6.07) is 13.8. The van der Waals surface area contributed by atoms with Crippen LogP contribution in [0.2, 0.25) is 0 Å². The first kappa shape index (κ1) is 18.3. The Balaban J connectivity index is 0.000000364. The van der Waals surface area contributed by atoms with Crippen molar-refractivity contribution in [2.45, 2.75) is 20.8 Å². The lowest BCUT2D eigenvalue weighted by molar-refractivity contribution is 0.0960. The zero-order chi connectivity index (χ0) is 19.2. The molecule has 5 nitrogen and oxygen atoms in total. The van der Waals surface area contributed by atoms with Gasteiger partial charge < -0.3 is 9.97 Å². The molecule has 0 fully saturated rings. The van der Waals surface area contributed by atoms with Crippen molar-refractivity contribution in [3.63, 3.8) is 0 Å². The van der Waals surface area contributed by atoms with E-state index in [4.69, 9.17) is 0 Å². The highest BCUT2D eigenvalue weighted by molar-refractivity contribution is 6.00. The summed E-state index contributed by atoms with van der Waals surface area (Å²) in [4.78, 5) is 24.6. The van der Waals surface area contributed by atoms with Crippen LogP contribution in [0.4, 0.5) is 0 Å². The van der Waals surface area contributed by atoms with Gasteiger partial charge in [-0.05, 0) is 31.9 Å². The maximum Gasteiger partial charge on any atom is 0.264 e. The van der Waals surface area contributed by atoms with Gasteiger partial charge in [0.25, 0.3) is 5.91 Å². The molecule has 2 aromatic heterocycles. The fourth-order valence-electron chi connectivity index (χ4n) is 3.10. The number of imidazole rings is 2. The van der Waals surface area contributed by atoms with Crippen molar-refractivity contribution in [2.75, 3.05) is 0 Å². The summed E-state index contributed by atoms with van der Waals surface area (Å²) in [5, 5.41) is 0. The lowest BCUT2D eigenvalue weighted by Crippen LogP contribution is -2.15. The number of hydrogen-bond donors (Lipinski definition) is 0. The second kappa shape index (κ2) is 8.27. The number of carbonyl (C=O) groups is 1. The van der Waals surface area contributed by atoms with Gasteiger partial charge in [-0.3, -0.25) is 9.36 Å². The molecule has 0 bridgehead atoms. The maximum absolute atomic E-state index is 13.0. The summed E-state index contributed by atoms with van der Waals surface area (Å²) in [5.41, 5.74) is 4.84. The standard InChI is InChI=1S/C19H18N2O.C3H3N2/c1-13-11-14(2)17(15(3)12-13)19(22)21-10-9-20-18(21)16-7-5-4-6-8-16;1-2-5-3-4-1/h4-12H,1-3H3;1-3H/q;-1. The summed E-state index contributed by atoms with van der Waals surface area (Å²) < 4.78 is 1.62. The minimum Gasteiger partial charge on any atom is -0.450 e. The van der Waals surface area contributed by atoms with E-state index in [1.54, 1.807) is 29.4 Å². The Morgan fingerprint density at radius 3 is 2.26 bits per heavy atom. The summed E-state index contributed by atoms with van der Waals surface area (Å²) in [7, 11) is 0. The van der Waals surface area contributed by atoms with Crippen LogP contribution in [0, 0.1) is 20.8 Å². The zero-order valence-corrected chi connectivity index (χ0v) is 15.6. The first-order valence-electron chi connectivity index (χ1n) is 8.66. The molecule has 0 saturated heterocycles. The van der Waals surface area contributed by atoms with Gasteiger partial charge in [0.1, 0.15) is 5.82 Å². The quantitative estimate of drug-likeness (QED) is 0.539. The topological polar surface area (TPSA) is 61.9 Å². The molecule has 5 heteroatoms. The Morgan fingerprint density at radius 2 is 1.70 bits per heavy atom. The van der Waals surface area contributed by atoms with Gasteiger partial charge >= 0.3 is 0 Å². The molecule has 0 aliphatic rings. The van der Waals surface area contributed by atoms with Crippen LogP contribution in [0.1, 0.15) is 27.0 Å². The van der Waals surface area contributed by atoms with Crippen molar-refractivity contribution in [1.82, 2.24) is 19.5 Å². The first-order valence-corrected chi connectivity index (χ1v) is 8.66. The minimum atomic E-state index is -0.0358. The molecule has 0 saturated carbocycles. The highest BCUT2D eigenvalue weighted by atomic mass is 16.2. The Hall–Kier alpha value is -3.47. The van der Waals surface area contributed by atoms with Crippen molar-refractivity contribution in [3.05, 3.63) is 95.8 Å². The number of rotatable bonds is 2. The van der Waals surface area contributed by atoms with Crippen LogP contribution in [0.25, 0.3) is 11.4 Å². The van der Waals surface area contributed by atoms with Gasteiger partial charge in [-0.25, -0.2) is 4.98 Å². The number of carbonyl (C=O) groups excluding carboxylic acids is 1. The second-order valence-electron chi connectivity index (χ2n) is 6.28. The van der Waals surface area contributed by atoms with Gasteiger partial charge in [-0.15, -0.1) is 0 Å². The van der Waals surface area contributed by atoms with Gasteiger partial charge in [0.2, 0.25) is 0 Å². The summed E-state index contributed by atoms with van der Waals surface area (Å²) in [6.45, 7) is 6.00. The van der Waals surface area contributed by atoms with E-state index in [-0.39, 0.29) is 5.91 Å². The predicted octanol–water partition coefficient (Wildman–Crippen LogP) is 4.20.